The Kier molecular flexibility index (Phi) is 4.74. The summed E-state index contributed by atoms with van der Waals surface area (Å²) < 4.78 is 5.82. The van der Waals surface area contributed by atoms with E-state index in [9.17, 15) is 4.79 Å². The van der Waals surface area contributed by atoms with E-state index in [1.54, 1.807) is 0 Å². The third-order valence-corrected chi connectivity index (χ3v) is 6.15. The summed E-state index contributed by atoms with van der Waals surface area (Å²) >= 11 is 0. The van der Waals surface area contributed by atoms with Crippen molar-refractivity contribution in [1.29, 1.82) is 0 Å². The molecule has 0 radical (unpaired) electrons. The Morgan fingerprint density at radius 1 is 1.04 bits per heavy atom. The number of hydrogen-bond donors (Lipinski definition) is 1. The molecule has 4 aliphatic rings. The van der Waals surface area contributed by atoms with Gasteiger partial charge in [-0.15, -0.1) is 0 Å². The van der Waals surface area contributed by atoms with Crippen LogP contribution < -0.4 is 5.32 Å². The molecule has 0 aromatic heterocycles. The average molecular weight is 328 g/mol. The number of benzene rings is 1. The van der Waals surface area contributed by atoms with Gasteiger partial charge in [-0.25, -0.2) is 4.79 Å². The molecule has 2 bridgehead atoms. The van der Waals surface area contributed by atoms with Crippen LogP contribution in [-0.4, -0.2) is 42.8 Å². The minimum Gasteiger partial charge on any atom is -0.445 e. The third-order valence-electron chi connectivity index (χ3n) is 6.15. The summed E-state index contributed by atoms with van der Waals surface area (Å²) in [6.07, 6.45) is 6.86. The quantitative estimate of drug-likeness (QED) is 0.923. The molecular formula is C20H28N2O2. The minimum absolute atomic E-state index is 0.0891. The maximum Gasteiger partial charge on any atom is 0.407 e. The van der Waals surface area contributed by atoms with Crippen molar-refractivity contribution >= 4 is 6.09 Å². The molecule has 1 aromatic rings. The Balaban J connectivity index is 1.37. The van der Waals surface area contributed by atoms with Gasteiger partial charge in [-0.1, -0.05) is 43.2 Å². The summed E-state index contributed by atoms with van der Waals surface area (Å²) in [5.74, 6) is 0.982. The van der Waals surface area contributed by atoms with E-state index in [0.717, 1.165) is 19.4 Å². The van der Waals surface area contributed by atoms with E-state index < -0.39 is 0 Å². The molecule has 0 spiro atoms. The van der Waals surface area contributed by atoms with Gasteiger partial charge in [0, 0.05) is 18.5 Å². The van der Waals surface area contributed by atoms with Crippen molar-refractivity contribution in [3.8, 4) is 0 Å². The number of carbonyl (C=O) groups is 1. The number of hydrogen-bond acceptors (Lipinski definition) is 3. The van der Waals surface area contributed by atoms with Crippen molar-refractivity contribution in [2.24, 2.45) is 5.92 Å². The van der Waals surface area contributed by atoms with E-state index in [0.29, 0.717) is 11.8 Å². The molecule has 1 aromatic carbocycles. The van der Waals surface area contributed by atoms with Gasteiger partial charge in [-0.2, -0.15) is 0 Å². The maximum absolute atomic E-state index is 12.5. The normalized spacial score (nSPS) is 35.4. The molecule has 4 nitrogen and oxygen atoms in total. The number of carbonyl (C=O) groups excluding carboxylic acids is 1. The average Bonchev–Trinajstić information content (AvgIpc) is 2.64. The Morgan fingerprint density at radius 3 is 2.50 bits per heavy atom. The first-order valence-corrected chi connectivity index (χ1v) is 9.54. The monoisotopic (exact) mass is 328 g/mol. The van der Waals surface area contributed by atoms with E-state index in [1.165, 1.54) is 44.3 Å². The molecule has 3 saturated heterocycles. The molecule has 4 heteroatoms. The number of piperidine rings is 3. The van der Waals surface area contributed by atoms with Crippen molar-refractivity contribution < 1.29 is 9.53 Å². The Hall–Kier alpha value is -1.55. The molecule has 3 heterocycles. The van der Waals surface area contributed by atoms with Crippen LogP contribution in [0.3, 0.4) is 0 Å². The predicted molar refractivity (Wildman–Crippen MR) is 94.0 cm³/mol. The summed E-state index contributed by atoms with van der Waals surface area (Å²) in [6, 6.07) is 10.8. The van der Waals surface area contributed by atoms with Gasteiger partial charge in [0.15, 0.2) is 0 Å². The van der Waals surface area contributed by atoms with Crippen LogP contribution in [-0.2, 0) is 4.74 Å². The number of rotatable bonds is 3. The summed E-state index contributed by atoms with van der Waals surface area (Å²) in [5.41, 5.74) is 1.34. The van der Waals surface area contributed by atoms with Crippen LogP contribution >= 0.6 is 0 Å². The zero-order chi connectivity index (χ0) is 16.4. The van der Waals surface area contributed by atoms with Gasteiger partial charge in [0.25, 0.3) is 0 Å². The molecule has 4 fully saturated rings. The standard InChI is InChI=1S/C20H28N2O2/c23-20(24-19-14-22-12-10-16(19)11-13-22)21-18-9-5-4-8-17(18)15-6-2-1-3-7-15/h1-3,6-7,16-19H,4-5,8-14H2,(H,21,23)/t17-,18+,19+/m0/s1. The molecule has 3 aliphatic heterocycles. The molecule has 1 N–H and O–H groups in total. The molecule has 1 aliphatic carbocycles. The smallest absolute Gasteiger partial charge is 0.407 e. The SMILES string of the molecule is O=C(N[C@@H]1CCCC[C@H]1c1ccccc1)O[C@@H]1CN2CCC1CC2. The number of fused-ring (bicyclic) bond motifs is 3. The van der Waals surface area contributed by atoms with Crippen LogP contribution in [0.1, 0.15) is 50.0 Å². The van der Waals surface area contributed by atoms with Crippen LogP contribution in [0.2, 0.25) is 0 Å². The second-order valence-electron chi connectivity index (χ2n) is 7.63. The molecule has 5 rings (SSSR count). The van der Waals surface area contributed by atoms with Crippen molar-refractivity contribution in [2.75, 3.05) is 19.6 Å². The Labute approximate surface area is 144 Å². The fourth-order valence-electron chi connectivity index (χ4n) is 4.77. The highest BCUT2D eigenvalue weighted by molar-refractivity contribution is 5.68. The Bertz CT molecular complexity index is 554. The zero-order valence-electron chi connectivity index (χ0n) is 14.3. The van der Waals surface area contributed by atoms with E-state index in [1.807, 2.05) is 0 Å². The van der Waals surface area contributed by atoms with E-state index in [2.05, 4.69) is 40.5 Å². The molecular weight excluding hydrogens is 300 g/mol. The summed E-state index contributed by atoms with van der Waals surface area (Å²) in [5, 5.41) is 3.19. The second kappa shape index (κ2) is 7.14. The lowest BCUT2D eigenvalue weighted by molar-refractivity contribution is -0.0343. The third kappa shape index (κ3) is 3.44. The highest BCUT2D eigenvalue weighted by Gasteiger charge is 2.37. The van der Waals surface area contributed by atoms with E-state index in [4.69, 9.17) is 4.74 Å². The van der Waals surface area contributed by atoms with E-state index >= 15 is 0 Å². The van der Waals surface area contributed by atoms with Crippen LogP contribution in [0.25, 0.3) is 0 Å². The largest absolute Gasteiger partial charge is 0.445 e. The first kappa shape index (κ1) is 15.9. The fourth-order valence-corrected chi connectivity index (χ4v) is 4.77. The van der Waals surface area contributed by atoms with Gasteiger partial charge < -0.3 is 10.1 Å². The number of nitrogens with one attached hydrogen (secondary N) is 1. The first-order chi connectivity index (χ1) is 11.8. The van der Waals surface area contributed by atoms with Gasteiger partial charge in [0.2, 0.25) is 0 Å². The molecule has 24 heavy (non-hydrogen) atoms. The Morgan fingerprint density at radius 2 is 1.79 bits per heavy atom. The van der Waals surface area contributed by atoms with E-state index in [-0.39, 0.29) is 18.2 Å². The van der Waals surface area contributed by atoms with Gasteiger partial charge in [-0.05, 0) is 50.3 Å². The van der Waals surface area contributed by atoms with Gasteiger partial charge in [-0.3, -0.25) is 4.90 Å². The van der Waals surface area contributed by atoms with Crippen LogP contribution in [0.15, 0.2) is 30.3 Å². The lowest BCUT2D eigenvalue weighted by Crippen LogP contribution is -2.53. The van der Waals surface area contributed by atoms with Crippen molar-refractivity contribution in [3.05, 3.63) is 35.9 Å². The number of ether oxygens (including phenoxy) is 1. The topological polar surface area (TPSA) is 41.6 Å². The van der Waals surface area contributed by atoms with Crippen LogP contribution in [0.5, 0.6) is 0 Å². The van der Waals surface area contributed by atoms with Crippen LogP contribution in [0, 0.1) is 5.92 Å². The minimum atomic E-state index is -0.207. The van der Waals surface area contributed by atoms with Gasteiger partial charge in [0.05, 0.1) is 0 Å². The fraction of sp³-hybridized carbons (Fsp3) is 0.650. The molecule has 0 unspecified atom stereocenters. The van der Waals surface area contributed by atoms with Gasteiger partial charge >= 0.3 is 6.09 Å². The van der Waals surface area contributed by atoms with Crippen molar-refractivity contribution in [3.63, 3.8) is 0 Å². The highest BCUT2D eigenvalue weighted by atomic mass is 16.6. The molecule has 1 amide bonds. The molecule has 3 atom stereocenters. The lowest BCUT2D eigenvalue weighted by atomic mass is 9.80. The molecule has 130 valence electrons. The molecule has 1 saturated carbocycles. The maximum atomic E-state index is 12.5. The first-order valence-electron chi connectivity index (χ1n) is 9.54. The lowest BCUT2D eigenvalue weighted by Gasteiger charge is -2.44. The van der Waals surface area contributed by atoms with Crippen LogP contribution in [0.4, 0.5) is 4.79 Å². The van der Waals surface area contributed by atoms with Crippen molar-refractivity contribution in [1.82, 2.24) is 10.2 Å². The summed E-state index contributed by atoms with van der Waals surface area (Å²) in [7, 11) is 0. The van der Waals surface area contributed by atoms with Crippen molar-refractivity contribution in [2.45, 2.75) is 56.6 Å². The van der Waals surface area contributed by atoms with Gasteiger partial charge in [0.1, 0.15) is 6.10 Å². The zero-order valence-corrected chi connectivity index (χ0v) is 14.3. The summed E-state index contributed by atoms with van der Waals surface area (Å²) in [4.78, 5) is 14.9. The summed E-state index contributed by atoms with van der Waals surface area (Å²) in [6.45, 7) is 3.26. The predicted octanol–water partition coefficient (Wildman–Crippen LogP) is 3.53. The second-order valence-corrected chi connectivity index (χ2v) is 7.63. The number of alkyl carbamates (subject to hydrolysis) is 1. The number of nitrogens with zero attached hydrogens (tertiary/aromatic N) is 1. The number of amides is 1. The highest BCUT2D eigenvalue weighted by Crippen LogP contribution is 2.33.